The van der Waals surface area contributed by atoms with Gasteiger partial charge in [0.2, 0.25) is 5.91 Å². The number of hydrogen-bond acceptors (Lipinski definition) is 5. The fourth-order valence-electron chi connectivity index (χ4n) is 7.09. The zero-order valence-electron chi connectivity index (χ0n) is 42.0. The van der Waals surface area contributed by atoms with Crippen LogP contribution in [0.5, 0.6) is 0 Å². The number of carbonyl (C=O) groups excluding carboxylic acids is 2. The highest BCUT2D eigenvalue weighted by molar-refractivity contribution is 5.77. The number of ether oxygens (including phenoxy) is 1. The zero-order valence-corrected chi connectivity index (χ0v) is 42.0. The van der Waals surface area contributed by atoms with Crippen LogP contribution in [0.1, 0.15) is 194 Å². The van der Waals surface area contributed by atoms with Gasteiger partial charge < -0.3 is 20.3 Å². The highest BCUT2D eigenvalue weighted by Gasteiger charge is 2.24. The van der Waals surface area contributed by atoms with Gasteiger partial charge in [0.25, 0.3) is 0 Å². The molecule has 0 aromatic rings. The second-order valence-corrected chi connectivity index (χ2v) is 17.1. The van der Waals surface area contributed by atoms with E-state index in [1.165, 1.54) is 77.0 Å². The Balaban J connectivity index is 4.83. The maximum absolute atomic E-state index is 13.2. The fourth-order valence-corrected chi connectivity index (χ4v) is 7.09. The predicted molar refractivity (Wildman–Crippen MR) is 286 cm³/mol. The van der Waals surface area contributed by atoms with Crippen LogP contribution in [0, 0.1) is 0 Å². The van der Waals surface area contributed by atoms with Crippen LogP contribution in [-0.4, -0.2) is 46.9 Å². The molecule has 0 saturated heterocycles. The Bertz CT molecular complexity index is 1490. The standard InChI is InChI=1S/C60H95NO5/c1-4-7-10-13-16-19-22-25-28-29-32-35-38-41-44-47-50-53-60(65)66-56(51-48-45-42-39-36-33-30-26-23-20-17-14-11-8-5-2)54-59(64)61-57(55-62)58(63)52-49-46-43-40-37-34-31-27-24-21-18-15-12-9-6-3/h7-8,10-11,13-14,16-17,19-20,22-23,25-26,28-30,32-33,35-36,38-39,42,56-58,62-63H,4-6,9,12,15,18,21,24,27,31,34,37,40-41,43-55H2,1-3H3,(H,61,64)/b10-7-,11-8-,16-13+,17-14+,22-19+,23-20+,28-25-,30-26-,32-29+,36-33+,38-35+,42-39+. The Morgan fingerprint density at radius 1 is 0.455 bits per heavy atom. The van der Waals surface area contributed by atoms with Crippen LogP contribution in [-0.2, 0) is 14.3 Å². The SMILES string of the molecule is CC\C=C/C=C/C=C/C=C\C=C\C=C\CCCCCC(=O)OC(CCC/C=C/C=C/C=C\C=C\C=C\C=C/CC)CC(=O)NC(CO)C(O)CCCCCCCCCCCCCCCCC. The van der Waals surface area contributed by atoms with Crippen LogP contribution in [0.15, 0.2) is 146 Å². The molecule has 3 atom stereocenters. The van der Waals surface area contributed by atoms with Crippen LogP contribution in [0.4, 0.5) is 0 Å². The van der Waals surface area contributed by atoms with Crippen LogP contribution < -0.4 is 5.32 Å². The number of amides is 1. The first-order valence-electron chi connectivity index (χ1n) is 26.2. The van der Waals surface area contributed by atoms with Crippen molar-refractivity contribution in [1.82, 2.24) is 5.32 Å². The summed E-state index contributed by atoms with van der Waals surface area (Å²) in [6.07, 6.45) is 74.7. The molecule has 1 amide bonds. The molecule has 3 N–H and O–H groups in total. The van der Waals surface area contributed by atoms with E-state index in [1.807, 2.05) is 122 Å². The number of aliphatic hydroxyl groups is 2. The number of hydrogen-bond donors (Lipinski definition) is 3. The Morgan fingerprint density at radius 3 is 1.26 bits per heavy atom. The molecule has 6 heteroatoms. The molecule has 0 aliphatic carbocycles. The highest BCUT2D eigenvalue weighted by atomic mass is 16.5. The lowest BCUT2D eigenvalue weighted by Crippen LogP contribution is -2.46. The lowest BCUT2D eigenvalue weighted by molar-refractivity contribution is -0.151. The van der Waals surface area contributed by atoms with Gasteiger partial charge in [0, 0.05) is 6.42 Å². The number of unbranched alkanes of at least 4 members (excludes halogenated alkanes) is 18. The van der Waals surface area contributed by atoms with Crippen LogP contribution in [0.3, 0.4) is 0 Å². The van der Waals surface area contributed by atoms with Gasteiger partial charge in [-0.15, -0.1) is 0 Å². The fraction of sp³-hybridized carbons (Fsp3) is 0.567. The van der Waals surface area contributed by atoms with Gasteiger partial charge in [-0.3, -0.25) is 9.59 Å². The molecule has 0 fully saturated rings. The molecule has 0 rings (SSSR count). The molecule has 3 unspecified atom stereocenters. The Morgan fingerprint density at radius 2 is 0.833 bits per heavy atom. The third kappa shape index (κ3) is 46.3. The van der Waals surface area contributed by atoms with E-state index in [0.717, 1.165) is 70.6 Å². The van der Waals surface area contributed by atoms with Crippen molar-refractivity contribution in [1.29, 1.82) is 0 Å². The first-order valence-corrected chi connectivity index (χ1v) is 26.2. The zero-order chi connectivity index (χ0) is 48.1. The molecule has 0 saturated carbocycles. The molecule has 0 bridgehead atoms. The number of allylic oxidation sites excluding steroid dienone is 24. The molecular weight excluding hydrogens is 815 g/mol. The molecule has 0 spiro atoms. The lowest BCUT2D eigenvalue weighted by atomic mass is 10.0. The molecule has 370 valence electrons. The van der Waals surface area contributed by atoms with E-state index in [9.17, 15) is 19.8 Å². The summed E-state index contributed by atoms with van der Waals surface area (Å²) in [5.41, 5.74) is 0. The molecule has 66 heavy (non-hydrogen) atoms. The van der Waals surface area contributed by atoms with Crippen LogP contribution in [0.25, 0.3) is 0 Å². The lowest BCUT2D eigenvalue weighted by Gasteiger charge is -2.24. The predicted octanol–water partition coefficient (Wildman–Crippen LogP) is 16.0. The summed E-state index contributed by atoms with van der Waals surface area (Å²) in [6, 6.07) is -0.747. The quantitative estimate of drug-likeness (QED) is 0.0322. The van der Waals surface area contributed by atoms with Crippen LogP contribution >= 0.6 is 0 Å². The highest BCUT2D eigenvalue weighted by Crippen LogP contribution is 2.16. The molecule has 0 radical (unpaired) electrons. The molecule has 0 aromatic carbocycles. The van der Waals surface area contributed by atoms with E-state index in [4.69, 9.17) is 4.74 Å². The second kappa shape index (κ2) is 51.7. The van der Waals surface area contributed by atoms with Gasteiger partial charge in [-0.2, -0.15) is 0 Å². The monoisotopic (exact) mass is 910 g/mol. The summed E-state index contributed by atoms with van der Waals surface area (Å²) >= 11 is 0. The first kappa shape index (κ1) is 61.7. The van der Waals surface area contributed by atoms with Gasteiger partial charge in [-0.05, 0) is 57.8 Å². The van der Waals surface area contributed by atoms with Crippen molar-refractivity contribution in [2.75, 3.05) is 6.61 Å². The van der Waals surface area contributed by atoms with E-state index >= 15 is 0 Å². The van der Waals surface area contributed by atoms with Crippen molar-refractivity contribution in [2.45, 2.75) is 212 Å². The largest absolute Gasteiger partial charge is 0.462 e. The van der Waals surface area contributed by atoms with E-state index < -0.39 is 18.2 Å². The molecular formula is C60H95NO5. The number of rotatable bonds is 44. The van der Waals surface area contributed by atoms with Gasteiger partial charge >= 0.3 is 5.97 Å². The van der Waals surface area contributed by atoms with E-state index in [2.05, 4.69) is 50.4 Å². The minimum absolute atomic E-state index is 0.00257. The van der Waals surface area contributed by atoms with E-state index in [-0.39, 0.29) is 24.9 Å². The third-order valence-corrected chi connectivity index (χ3v) is 11.0. The summed E-state index contributed by atoms with van der Waals surface area (Å²) in [5.74, 6) is -0.616. The van der Waals surface area contributed by atoms with Gasteiger partial charge in [-0.1, -0.05) is 269 Å². The molecule has 6 nitrogen and oxygen atoms in total. The number of aliphatic hydroxyl groups excluding tert-OH is 2. The number of carbonyl (C=O) groups is 2. The van der Waals surface area contributed by atoms with Crippen molar-refractivity contribution in [3.8, 4) is 0 Å². The van der Waals surface area contributed by atoms with E-state index in [0.29, 0.717) is 19.3 Å². The summed E-state index contributed by atoms with van der Waals surface area (Å²) in [4.78, 5) is 26.2. The number of nitrogens with one attached hydrogen (secondary N) is 1. The molecule has 0 heterocycles. The normalized spacial score (nSPS) is 14.4. The smallest absolute Gasteiger partial charge is 0.306 e. The summed E-state index contributed by atoms with van der Waals surface area (Å²) in [5, 5.41) is 23.8. The Labute approximate surface area is 405 Å². The average Bonchev–Trinajstić information content (AvgIpc) is 3.31. The summed E-state index contributed by atoms with van der Waals surface area (Å²) in [7, 11) is 0. The van der Waals surface area contributed by atoms with Crippen molar-refractivity contribution in [2.24, 2.45) is 0 Å². The van der Waals surface area contributed by atoms with Crippen molar-refractivity contribution in [3.05, 3.63) is 146 Å². The van der Waals surface area contributed by atoms with Gasteiger partial charge in [0.1, 0.15) is 6.10 Å². The topological polar surface area (TPSA) is 95.9 Å². The summed E-state index contributed by atoms with van der Waals surface area (Å²) < 4.78 is 5.88. The molecule has 0 aliphatic heterocycles. The van der Waals surface area contributed by atoms with Crippen LogP contribution in [0.2, 0.25) is 0 Å². The Kier molecular flexibility index (Phi) is 48.4. The van der Waals surface area contributed by atoms with Gasteiger partial charge in [0.05, 0.1) is 25.2 Å². The average molecular weight is 910 g/mol. The maximum atomic E-state index is 13.2. The van der Waals surface area contributed by atoms with Gasteiger partial charge in [-0.25, -0.2) is 0 Å². The minimum Gasteiger partial charge on any atom is -0.462 e. The maximum Gasteiger partial charge on any atom is 0.306 e. The van der Waals surface area contributed by atoms with Crippen molar-refractivity contribution in [3.63, 3.8) is 0 Å². The first-order chi connectivity index (χ1) is 32.5. The number of esters is 1. The molecule has 0 aromatic heterocycles. The minimum atomic E-state index is -0.827. The molecule has 0 aliphatic rings. The van der Waals surface area contributed by atoms with Gasteiger partial charge in [0.15, 0.2) is 0 Å². The second-order valence-electron chi connectivity index (χ2n) is 17.1. The Hall–Kier alpha value is -4.26. The third-order valence-electron chi connectivity index (χ3n) is 11.0. The van der Waals surface area contributed by atoms with Crippen molar-refractivity contribution >= 4 is 11.9 Å². The van der Waals surface area contributed by atoms with Crippen molar-refractivity contribution < 1.29 is 24.5 Å². The van der Waals surface area contributed by atoms with E-state index in [1.54, 1.807) is 0 Å². The summed E-state index contributed by atoms with van der Waals surface area (Å²) in [6.45, 7) is 6.15.